The van der Waals surface area contributed by atoms with Crippen molar-refractivity contribution in [2.75, 3.05) is 6.54 Å². The number of carbonyl (C=O) groups excluding carboxylic acids is 1. The lowest BCUT2D eigenvalue weighted by Crippen LogP contribution is -2.35. The Hall–Kier alpha value is -1.99. The highest BCUT2D eigenvalue weighted by atomic mass is 35.5. The van der Waals surface area contributed by atoms with Gasteiger partial charge in [-0.2, -0.15) is 0 Å². The molecule has 6 nitrogen and oxygen atoms in total. The minimum atomic E-state index is -1.49. The van der Waals surface area contributed by atoms with Crippen LogP contribution in [0.2, 0.25) is 10.0 Å². The first-order chi connectivity index (χ1) is 11.9. The normalized spacial score (nSPS) is 13.1. The van der Waals surface area contributed by atoms with Crippen molar-refractivity contribution in [3.05, 3.63) is 63.6 Å². The number of rotatable bonds is 6. The molecule has 0 aliphatic carbocycles. The standard InChI is InChI=1S/C17H17Cl2NO5/c18-11-6-12(15(22)13(19)7-11)16(23)14(21)8-20-17(24)25-9-10-4-2-1-3-5-10/h1-7,14,16,21-23H,8-9H2,(H,20,24). The summed E-state index contributed by atoms with van der Waals surface area (Å²) in [5.74, 6) is -0.385. The van der Waals surface area contributed by atoms with Crippen molar-refractivity contribution in [3.8, 4) is 5.75 Å². The van der Waals surface area contributed by atoms with Gasteiger partial charge in [-0.15, -0.1) is 0 Å². The van der Waals surface area contributed by atoms with E-state index >= 15 is 0 Å². The van der Waals surface area contributed by atoms with Crippen LogP contribution in [0.1, 0.15) is 17.2 Å². The van der Waals surface area contributed by atoms with Gasteiger partial charge in [0.05, 0.1) is 5.02 Å². The van der Waals surface area contributed by atoms with Crippen LogP contribution in [0.3, 0.4) is 0 Å². The highest BCUT2D eigenvalue weighted by molar-refractivity contribution is 6.35. The molecule has 4 N–H and O–H groups in total. The summed E-state index contributed by atoms with van der Waals surface area (Å²) in [7, 11) is 0. The van der Waals surface area contributed by atoms with Crippen LogP contribution in [0.5, 0.6) is 5.75 Å². The quantitative estimate of drug-likeness (QED) is 0.612. The third-order valence-corrected chi connectivity index (χ3v) is 3.92. The predicted octanol–water partition coefficient (Wildman–Crippen LogP) is 3.02. The first kappa shape index (κ1) is 19.3. The van der Waals surface area contributed by atoms with Crippen LogP contribution in [0.25, 0.3) is 0 Å². The van der Waals surface area contributed by atoms with Crippen LogP contribution in [-0.4, -0.2) is 34.1 Å². The molecule has 2 aromatic rings. The van der Waals surface area contributed by atoms with Crippen LogP contribution < -0.4 is 5.32 Å². The SMILES string of the molecule is O=C(NCC(O)C(O)c1cc(Cl)cc(Cl)c1O)OCc1ccccc1. The van der Waals surface area contributed by atoms with Gasteiger partial charge in [-0.25, -0.2) is 4.79 Å². The monoisotopic (exact) mass is 385 g/mol. The molecule has 0 aliphatic rings. The van der Waals surface area contributed by atoms with Crippen molar-refractivity contribution >= 4 is 29.3 Å². The van der Waals surface area contributed by atoms with Crippen molar-refractivity contribution < 1.29 is 24.9 Å². The number of phenols is 1. The molecule has 0 saturated carbocycles. The number of benzene rings is 2. The van der Waals surface area contributed by atoms with E-state index in [1.165, 1.54) is 12.1 Å². The van der Waals surface area contributed by atoms with E-state index in [2.05, 4.69) is 5.32 Å². The van der Waals surface area contributed by atoms with E-state index < -0.39 is 18.3 Å². The summed E-state index contributed by atoms with van der Waals surface area (Å²) in [6.07, 6.45) is -3.64. The molecule has 134 valence electrons. The van der Waals surface area contributed by atoms with E-state index in [0.717, 1.165) is 5.56 Å². The second-order valence-electron chi connectivity index (χ2n) is 5.28. The number of alkyl carbamates (subject to hydrolysis) is 1. The van der Waals surface area contributed by atoms with Crippen LogP contribution >= 0.6 is 23.2 Å². The number of nitrogens with one attached hydrogen (secondary N) is 1. The third kappa shape index (κ3) is 5.51. The van der Waals surface area contributed by atoms with E-state index in [9.17, 15) is 20.1 Å². The van der Waals surface area contributed by atoms with Crippen LogP contribution in [0, 0.1) is 0 Å². The molecule has 2 aromatic carbocycles. The number of halogens is 2. The van der Waals surface area contributed by atoms with E-state index in [1.807, 2.05) is 18.2 Å². The summed E-state index contributed by atoms with van der Waals surface area (Å²) in [5.41, 5.74) is 0.779. The van der Waals surface area contributed by atoms with Crippen molar-refractivity contribution in [3.63, 3.8) is 0 Å². The second kappa shape index (κ2) is 8.92. The number of aromatic hydroxyl groups is 1. The highest BCUT2D eigenvalue weighted by Crippen LogP contribution is 2.35. The number of phenolic OH excluding ortho intramolecular Hbond substituents is 1. The molecule has 25 heavy (non-hydrogen) atoms. The number of ether oxygens (including phenoxy) is 1. The summed E-state index contributed by atoms with van der Waals surface area (Å²) in [5, 5.41) is 32.4. The fourth-order valence-electron chi connectivity index (χ4n) is 2.09. The Morgan fingerprint density at radius 1 is 1.16 bits per heavy atom. The van der Waals surface area contributed by atoms with Crippen molar-refractivity contribution in [2.45, 2.75) is 18.8 Å². The van der Waals surface area contributed by atoms with E-state index in [4.69, 9.17) is 27.9 Å². The molecule has 0 aromatic heterocycles. The Bertz CT molecular complexity index is 726. The zero-order valence-electron chi connectivity index (χ0n) is 13.0. The fourth-order valence-corrected chi connectivity index (χ4v) is 2.60. The maximum absolute atomic E-state index is 11.6. The number of amides is 1. The molecular weight excluding hydrogens is 369 g/mol. The zero-order valence-corrected chi connectivity index (χ0v) is 14.5. The third-order valence-electron chi connectivity index (χ3n) is 3.41. The molecule has 2 rings (SSSR count). The Balaban J connectivity index is 1.87. The molecule has 0 aliphatic heterocycles. The largest absolute Gasteiger partial charge is 0.506 e. The zero-order chi connectivity index (χ0) is 18.4. The number of hydrogen-bond acceptors (Lipinski definition) is 5. The molecule has 8 heteroatoms. The molecule has 0 spiro atoms. The molecule has 0 saturated heterocycles. The molecule has 1 amide bonds. The maximum Gasteiger partial charge on any atom is 0.407 e. The topological polar surface area (TPSA) is 99.0 Å². The lowest BCUT2D eigenvalue weighted by atomic mass is 10.0. The van der Waals surface area contributed by atoms with Gasteiger partial charge in [-0.1, -0.05) is 53.5 Å². The minimum Gasteiger partial charge on any atom is -0.506 e. The van der Waals surface area contributed by atoms with E-state index in [1.54, 1.807) is 12.1 Å². The summed E-state index contributed by atoms with van der Waals surface area (Å²) in [6, 6.07) is 11.7. The lowest BCUT2D eigenvalue weighted by Gasteiger charge is -2.20. The van der Waals surface area contributed by atoms with Gasteiger partial charge in [0.25, 0.3) is 0 Å². The Kier molecular flexibility index (Phi) is 6.90. The number of hydrogen-bond donors (Lipinski definition) is 4. The predicted molar refractivity (Wildman–Crippen MR) is 93.7 cm³/mol. The lowest BCUT2D eigenvalue weighted by molar-refractivity contribution is 0.0171. The van der Waals surface area contributed by atoms with Crippen molar-refractivity contribution in [1.29, 1.82) is 0 Å². The summed E-state index contributed by atoms with van der Waals surface area (Å²) in [4.78, 5) is 11.6. The molecule has 2 unspecified atom stereocenters. The first-order valence-electron chi connectivity index (χ1n) is 7.37. The fraction of sp³-hybridized carbons (Fsp3) is 0.235. The van der Waals surface area contributed by atoms with E-state index in [0.29, 0.717) is 0 Å². The first-order valence-corrected chi connectivity index (χ1v) is 8.12. The van der Waals surface area contributed by atoms with Gasteiger partial charge < -0.3 is 25.4 Å². The van der Waals surface area contributed by atoms with Crippen LogP contribution in [-0.2, 0) is 11.3 Å². The van der Waals surface area contributed by atoms with Gasteiger partial charge in [0, 0.05) is 17.1 Å². The van der Waals surface area contributed by atoms with E-state index in [-0.39, 0.29) is 34.5 Å². The Labute approximate surface area is 154 Å². The smallest absolute Gasteiger partial charge is 0.407 e. The number of aliphatic hydroxyl groups is 2. The highest BCUT2D eigenvalue weighted by Gasteiger charge is 2.24. The van der Waals surface area contributed by atoms with Gasteiger partial charge in [0.15, 0.2) is 0 Å². The summed E-state index contributed by atoms with van der Waals surface area (Å²) >= 11 is 11.6. The van der Waals surface area contributed by atoms with Crippen LogP contribution in [0.15, 0.2) is 42.5 Å². The van der Waals surface area contributed by atoms with Gasteiger partial charge in [0.2, 0.25) is 0 Å². The van der Waals surface area contributed by atoms with Gasteiger partial charge in [-0.05, 0) is 17.7 Å². The molecular formula is C17H17Cl2NO5. The average molecular weight is 386 g/mol. The van der Waals surface area contributed by atoms with Gasteiger partial charge >= 0.3 is 6.09 Å². The van der Waals surface area contributed by atoms with Gasteiger partial charge in [-0.3, -0.25) is 0 Å². The Morgan fingerprint density at radius 3 is 2.52 bits per heavy atom. The molecule has 0 bridgehead atoms. The van der Waals surface area contributed by atoms with Crippen molar-refractivity contribution in [1.82, 2.24) is 5.32 Å². The molecule has 0 radical (unpaired) electrons. The summed E-state index contributed by atoms with van der Waals surface area (Å²) in [6.45, 7) is -0.214. The van der Waals surface area contributed by atoms with Crippen LogP contribution in [0.4, 0.5) is 4.79 Å². The second-order valence-corrected chi connectivity index (χ2v) is 6.12. The molecule has 0 fully saturated rings. The van der Waals surface area contributed by atoms with Crippen molar-refractivity contribution in [2.24, 2.45) is 0 Å². The molecule has 0 heterocycles. The maximum atomic E-state index is 11.6. The number of carbonyl (C=O) groups is 1. The van der Waals surface area contributed by atoms with Gasteiger partial charge in [0.1, 0.15) is 24.6 Å². The average Bonchev–Trinajstić information content (AvgIpc) is 2.61. The summed E-state index contributed by atoms with van der Waals surface area (Å²) < 4.78 is 4.99. The minimum absolute atomic E-state index is 0.0375. The molecule has 2 atom stereocenters. The Morgan fingerprint density at radius 2 is 1.84 bits per heavy atom. The number of aliphatic hydroxyl groups excluding tert-OH is 2.